The molecule has 0 saturated carbocycles. The smallest absolute Gasteiger partial charge is 0.278 e. The molecule has 1 unspecified atom stereocenters. The van der Waals surface area contributed by atoms with Gasteiger partial charge in [0.05, 0.1) is 31.8 Å². The van der Waals surface area contributed by atoms with Crippen LogP contribution in [0.1, 0.15) is 12.2 Å². The van der Waals surface area contributed by atoms with Crippen LogP contribution < -0.4 is 16.2 Å². The minimum Gasteiger partial charge on any atom is -0.543 e. The number of nitrogens with one attached hydrogen (secondary N) is 1. The molecule has 4 heterocycles. The number of nitrogen functional groups attached to an aromatic ring is 1. The number of quaternary nitrogens is 1. The topological polar surface area (TPSA) is 166 Å². The summed E-state index contributed by atoms with van der Waals surface area (Å²) in [4.78, 5) is 46.9. The van der Waals surface area contributed by atoms with E-state index in [2.05, 4.69) is 36.7 Å². The van der Waals surface area contributed by atoms with Crippen LogP contribution in [0.4, 0.5) is 9.52 Å². The number of nitrogens with two attached hydrogens (primary N) is 1. The molecule has 0 aliphatic carbocycles. The monoisotopic (exact) mass is 540 g/mol. The molecule has 0 spiro atoms. The number of anilines is 1. The van der Waals surface area contributed by atoms with Crippen LogP contribution in [0.5, 0.6) is 0 Å². The van der Waals surface area contributed by atoms with E-state index in [1.807, 2.05) is 13.1 Å². The van der Waals surface area contributed by atoms with Gasteiger partial charge in [0.1, 0.15) is 18.0 Å². The molecule has 2 saturated heterocycles. The van der Waals surface area contributed by atoms with E-state index in [0.717, 1.165) is 35.9 Å². The van der Waals surface area contributed by atoms with E-state index in [1.165, 1.54) is 11.8 Å². The van der Waals surface area contributed by atoms with Gasteiger partial charge in [-0.05, 0) is 11.6 Å². The Hall–Kier alpha value is -3.08. The lowest BCUT2D eigenvalue weighted by molar-refractivity contribution is -0.997. The van der Waals surface area contributed by atoms with Crippen molar-refractivity contribution in [2.45, 2.75) is 17.8 Å². The number of alkyl halides is 1. The molecule has 13 nitrogen and oxygen atoms in total. The summed E-state index contributed by atoms with van der Waals surface area (Å²) in [6.07, 6.45) is 4.71. The molecule has 0 radical (unpaired) electrons. The predicted octanol–water partition coefficient (Wildman–Crippen LogP) is -1.57. The number of aliphatic carboxylic acids is 1. The van der Waals surface area contributed by atoms with Crippen LogP contribution >= 0.6 is 23.3 Å². The fourth-order valence-electron chi connectivity index (χ4n) is 4.28. The van der Waals surface area contributed by atoms with Crippen molar-refractivity contribution in [3.8, 4) is 0 Å². The van der Waals surface area contributed by atoms with Crippen molar-refractivity contribution in [3.63, 3.8) is 0 Å². The summed E-state index contributed by atoms with van der Waals surface area (Å²) in [5, 5.41) is 19.5. The summed E-state index contributed by atoms with van der Waals surface area (Å²) in [7, 11) is 4.15. The predicted molar refractivity (Wildman–Crippen MR) is 127 cm³/mol. The number of rotatable bonds is 9. The SMILES string of the molecule is CN1CCC[N+]1(C)C/C=C/C1=C(C(=O)[O-])N2C(=O)[C@@H](NC(=O)/C(=N\OCF)c3nsc(N)n3)[C@H]2SC1. The summed E-state index contributed by atoms with van der Waals surface area (Å²) >= 11 is 2.10. The third kappa shape index (κ3) is 4.93. The Morgan fingerprint density at radius 1 is 1.47 bits per heavy atom. The minimum atomic E-state index is -1.47. The highest BCUT2D eigenvalue weighted by Crippen LogP contribution is 2.40. The average molecular weight is 541 g/mol. The largest absolute Gasteiger partial charge is 0.543 e. The normalized spacial score (nSPS) is 26.8. The average Bonchev–Trinajstić information content (AvgIpc) is 3.41. The highest BCUT2D eigenvalue weighted by molar-refractivity contribution is 8.00. The van der Waals surface area contributed by atoms with Crippen LogP contribution in [0.15, 0.2) is 28.6 Å². The molecule has 3 aliphatic heterocycles. The van der Waals surface area contributed by atoms with E-state index >= 15 is 0 Å². The van der Waals surface area contributed by atoms with Gasteiger partial charge in [0, 0.05) is 30.8 Å². The van der Waals surface area contributed by atoms with Crippen molar-refractivity contribution in [2.24, 2.45) is 5.16 Å². The van der Waals surface area contributed by atoms with E-state index in [-0.39, 0.29) is 16.7 Å². The Labute approximate surface area is 214 Å². The lowest BCUT2D eigenvalue weighted by atomic mass is 10.0. The zero-order chi connectivity index (χ0) is 26.0. The molecular formula is C20H25FN8O5S2. The van der Waals surface area contributed by atoms with Crippen LogP contribution in [0.25, 0.3) is 0 Å². The Kier molecular flexibility index (Phi) is 7.58. The van der Waals surface area contributed by atoms with Gasteiger partial charge in [0.15, 0.2) is 5.13 Å². The number of carbonyl (C=O) groups is 3. The number of fused-ring (bicyclic) bond motifs is 1. The number of nitrogens with zero attached hydrogens (tertiary/aromatic N) is 6. The van der Waals surface area contributed by atoms with Crippen LogP contribution in [0.3, 0.4) is 0 Å². The number of carbonyl (C=O) groups excluding carboxylic acids is 3. The van der Waals surface area contributed by atoms with Crippen LogP contribution in [0.2, 0.25) is 0 Å². The van der Waals surface area contributed by atoms with Gasteiger partial charge in [-0.3, -0.25) is 14.5 Å². The molecule has 4 rings (SSSR count). The number of carboxylic acid groups (broad SMARTS) is 1. The summed E-state index contributed by atoms with van der Waals surface area (Å²) in [6.45, 7) is 1.36. The van der Waals surface area contributed by atoms with Gasteiger partial charge < -0.3 is 25.8 Å². The molecule has 0 bridgehead atoms. The molecule has 36 heavy (non-hydrogen) atoms. The van der Waals surface area contributed by atoms with Gasteiger partial charge in [-0.2, -0.15) is 14.4 Å². The maximum absolute atomic E-state index is 12.9. The number of hydrogen-bond acceptors (Lipinski definition) is 12. The molecule has 194 valence electrons. The summed E-state index contributed by atoms with van der Waals surface area (Å²) < 4.78 is 17.0. The second-order valence-electron chi connectivity index (χ2n) is 8.54. The van der Waals surface area contributed by atoms with Gasteiger partial charge in [0.25, 0.3) is 18.7 Å². The molecule has 3 aliphatic rings. The molecular weight excluding hydrogens is 515 g/mol. The number of halogens is 1. The summed E-state index contributed by atoms with van der Waals surface area (Å²) in [5.74, 6) is -2.88. The lowest BCUT2D eigenvalue weighted by Crippen LogP contribution is -2.71. The van der Waals surface area contributed by atoms with E-state index in [1.54, 1.807) is 6.08 Å². The second kappa shape index (κ2) is 10.5. The zero-order valence-corrected chi connectivity index (χ0v) is 21.2. The van der Waals surface area contributed by atoms with Crippen molar-refractivity contribution < 1.29 is 33.3 Å². The number of aromatic nitrogens is 2. The molecule has 1 aromatic heterocycles. The number of amides is 2. The Balaban J connectivity index is 1.48. The summed E-state index contributed by atoms with van der Waals surface area (Å²) in [5.41, 5.74) is 5.32. The fourth-order valence-corrected chi connectivity index (χ4v) is 6.03. The fraction of sp³-hybridized carbons (Fsp3) is 0.500. The van der Waals surface area contributed by atoms with Gasteiger partial charge in [-0.1, -0.05) is 11.2 Å². The van der Waals surface area contributed by atoms with Crippen molar-refractivity contribution in [3.05, 3.63) is 29.2 Å². The highest BCUT2D eigenvalue weighted by Gasteiger charge is 2.53. The van der Waals surface area contributed by atoms with Crippen LogP contribution in [-0.4, -0.2) is 105 Å². The van der Waals surface area contributed by atoms with E-state index < -0.39 is 41.8 Å². The van der Waals surface area contributed by atoms with Crippen molar-refractivity contribution in [1.29, 1.82) is 0 Å². The minimum absolute atomic E-state index is 0.0520. The third-order valence-corrected chi connectivity index (χ3v) is 8.16. The standard InChI is InChI=1S/C20H25FN8O5S2/c1-27-6-4-8-29(27,2)7-3-5-11-9-35-18-13(17(31)28(18)14(11)19(32)33)23-16(30)12(25-34-10-21)15-24-20(22)36-26-15/h3,5,13,18H,4,6-10H2,1-2H3,(H3-,22,23,24,26,30,32,33)/b5-3+,25-12-/t13-,18-,29?/m1/s1. The number of β-lactam (4-membered cyclic amide) rings is 1. The van der Waals surface area contributed by atoms with Crippen LogP contribution in [0, 0.1) is 0 Å². The van der Waals surface area contributed by atoms with Crippen molar-refractivity contribution >= 4 is 51.9 Å². The maximum Gasteiger partial charge on any atom is 0.278 e. The number of oxime groups is 1. The second-order valence-corrected chi connectivity index (χ2v) is 10.4. The van der Waals surface area contributed by atoms with Crippen LogP contribution in [-0.2, 0) is 19.2 Å². The van der Waals surface area contributed by atoms with Crippen molar-refractivity contribution in [2.75, 3.05) is 52.1 Å². The zero-order valence-electron chi connectivity index (χ0n) is 19.5. The quantitative estimate of drug-likeness (QED) is 0.162. The molecule has 0 aromatic carbocycles. The lowest BCUT2D eigenvalue weighted by Gasteiger charge is -2.50. The van der Waals surface area contributed by atoms with Gasteiger partial charge in [0.2, 0.25) is 11.5 Å². The first-order valence-corrected chi connectivity index (χ1v) is 12.8. The molecule has 2 fully saturated rings. The highest BCUT2D eigenvalue weighted by atomic mass is 32.2. The van der Waals surface area contributed by atoms with E-state index in [0.29, 0.717) is 22.5 Å². The molecule has 3 N–H and O–H groups in total. The Morgan fingerprint density at radius 3 is 2.86 bits per heavy atom. The molecule has 1 aromatic rings. The van der Waals surface area contributed by atoms with E-state index in [4.69, 9.17) is 5.73 Å². The maximum atomic E-state index is 12.9. The van der Waals surface area contributed by atoms with E-state index in [9.17, 15) is 23.9 Å². The number of hydrogen-bond donors (Lipinski definition) is 2. The van der Waals surface area contributed by atoms with Gasteiger partial charge >= 0.3 is 0 Å². The number of allylic oxidation sites excluding steroid dienone is 1. The first kappa shape index (κ1) is 26.0. The first-order valence-electron chi connectivity index (χ1n) is 10.9. The number of likely N-dealkylation sites (N-methyl/N-ethyl adjacent to an activating group) is 1. The van der Waals surface area contributed by atoms with Gasteiger partial charge in [-0.25, -0.2) is 8.98 Å². The van der Waals surface area contributed by atoms with Gasteiger partial charge in [-0.15, -0.1) is 11.8 Å². The molecule has 2 amide bonds. The Morgan fingerprint density at radius 2 is 2.25 bits per heavy atom. The number of carboxylic acids is 1. The molecule has 16 heteroatoms. The number of thioether (sulfide) groups is 1. The van der Waals surface area contributed by atoms with Crippen molar-refractivity contribution in [1.82, 2.24) is 24.6 Å². The summed E-state index contributed by atoms with van der Waals surface area (Å²) in [6, 6.07) is -1.04. The Bertz CT molecular complexity index is 1160. The molecule has 3 atom stereocenters. The third-order valence-electron chi connectivity index (χ3n) is 6.31. The first-order chi connectivity index (χ1) is 17.2.